The molecule has 0 radical (unpaired) electrons. The van der Waals surface area contributed by atoms with Crippen LogP contribution in [0.3, 0.4) is 0 Å². The van der Waals surface area contributed by atoms with Crippen LogP contribution in [0.15, 0.2) is 72.4 Å². The van der Waals surface area contributed by atoms with Crippen LogP contribution in [0.2, 0.25) is 10.0 Å². The summed E-state index contributed by atoms with van der Waals surface area (Å²) in [6.07, 6.45) is 1.42. The van der Waals surface area contributed by atoms with Crippen LogP contribution in [-0.4, -0.2) is 16.7 Å². The Morgan fingerprint density at radius 1 is 0.943 bits per heavy atom. The van der Waals surface area contributed by atoms with Gasteiger partial charge in [-0.15, -0.1) is 0 Å². The molecule has 3 aromatic carbocycles. The molecule has 0 aromatic heterocycles. The van der Waals surface area contributed by atoms with Crippen molar-refractivity contribution in [3.05, 3.63) is 109 Å². The van der Waals surface area contributed by atoms with E-state index in [-0.39, 0.29) is 27.5 Å². The number of rotatable bonds is 6. The quantitative estimate of drug-likeness (QED) is 0.221. The third-order valence-corrected chi connectivity index (χ3v) is 5.66. The van der Waals surface area contributed by atoms with Crippen LogP contribution in [0, 0.1) is 10.1 Å². The lowest BCUT2D eigenvalue weighted by Crippen LogP contribution is -2.31. The normalized spacial score (nSPS) is 11.6. The van der Waals surface area contributed by atoms with Crippen molar-refractivity contribution in [3.63, 3.8) is 0 Å². The third-order valence-electron chi connectivity index (χ3n) is 5.10. The van der Waals surface area contributed by atoms with Crippen molar-refractivity contribution < 1.29 is 14.5 Å². The lowest BCUT2D eigenvalue weighted by atomic mass is 9.87. The number of nitrogens with zero attached hydrogens (tertiary/aromatic N) is 1. The maximum absolute atomic E-state index is 13.1. The predicted octanol–water partition coefficient (Wildman–Crippen LogP) is 6.61. The van der Waals surface area contributed by atoms with Crippen molar-refractivity contribution in [3.8, 4) is 0 Å². The number of benzene rings is 3. The maximum atomic E-state index is 13.1. The topological polar surface area (TPSA) is 101 Å². The lowest BCUT2D eigenvalue weighted by molar-refractivity contribution is -0.384. The van der Waals surface area contributed by atoms with Crippen LogP contribution in [0.5, 0.6) is 0 Å². The summed E-state index contributed by atoms with van der Waals surface area (Å²) >= 11 is 12.2. The number of nitrogens with one attached hydrogen (secondary N) is 2. The summed E-state index contributed by atoms with van der Waals surface area (Å²) in [5, 5.41) is 16.8. The van der Waals surface area contributed by atoms with Crippen molar-refractivity contribution in [1.82, 2.24) is 5.32 Å². The van der Waals surface area contributed by atoms with E-state index >= 15 is 0 Å². The molecule has 3 rings (SSSR count). The molecule has 0 fully saturated rings. The van der Waals surface area contributed by atoms with E-state index < -0.39 is 16.7 Å². The van der Waals surface area contributed by atoms with Gasteiger partial charge in [-0.3, -0.25) is 19.7 Å². The Kier molecular flexibility index (Phi) is 7.94. The molecule has 0 saturated carbocycles. The summed E-state index contributed by atoms with van der Waals surface area (Å²) in [6.45, 7) is 6.20. The summed E-state index contributed by atoms with van der Waals surface area (Å²) in [5.41, 5.74) is 1.90. The van der Waals surface area contributed by atoms with Gasteiger partial charge in [-0.1, -0.05) is 56.1 Å². The van der Waals surface area contributed by atoms with Gasteiger partial charge in [0.15, 0.2) is 0 Å². The van der Waals surface area contributed by atoms with E-state index in [1.807, 2.05) is 12.1 Å². The van der Waals surface area contributed by atoms with E-state index in [9.17, 15) is 19.7 Å². The molecule has 0 atom stereocenters. The number of hydrogen-bond donors (Lipinski definition) is 2. The Labute approximate surface area is 212 Å². The lowest BCUT2D eigenvalue weighted by Gasteiger charge is -2.19. The smallest absolute Gasteiger partial charge is 0.272 e. The average molecular weight is 512 g/mol. The largest absolute Gasteiger partial charge is 0.319 e. The van der Waals surface area contributed by atoms with E-state index in [1.165, 1.54) is 42.5 Å². The van der Waals surface area contributed by atoms with Gasteiger partial charge in [0.05, 0.1) is 15.6 Å². The number of nitro groups is 1. The fourth-order valence-corrected chi connectivity index (χ4v) is 3.45. The van der Waals surface area contributed by atoms with Gasteiger partial charge in [0, 0.05) is 22.7 Å². The Balaban J connectivity index is 1.92. The first-order valence-electron chi connectivity index (χ1n) is 10.6. The van der Waals surface area contributed by atoms with Gasteiger partial charge in [0.1, 0.15) is 5.70 Å². The van der Waals surface area contributed by atoms with Gasteiger partial charge in [-0.25, -0.2) is 0 Å². The van der Waals surface area contributed by atoms with E-state index in [4.69, 9.17) is 23.2 Å². The predicted molar refractivity (Wildman–Crippen MR) is 139 cm³/mol. The minimum absolute atomic E-state index is 0.0773. The number of anilines is 1. The van der Waals surface area contributed by atoms with Gasteiger partial charge >= 0.3 is 0 Å². The van der Waals surface area contributed by atoms with Crippen molar-refractivity contribution in [2.75, 3.05) is 5.32 Å². The highest BCUT2D eigenvalue weighted by atomic mass is 35.5. The number of amides is 2. The summed E-state index contributed by atoms with van der Waals surface area (Å²) in [5.74, 6) is -1.14. The number of nitro benzene ring substituents is 1. The highest BCUT2D eigenvalue weighted by Gasteiger charge is 2.18. The second kappa shape index (κ2) is 10.7. The number of hydrogen-bond acceptors (Lipinski definition) is 4. The average Bonchev–Trinajstić information content (AvgIpc) is 2.80. The Bertz CT molecular complexity index is 1300. The molecule has 7 nitrogen and oxygen atoms in total. The summed E-state index contributed by atoms with van der Waals surface area (Å²) in [6, 6.07) is 17.3. The van der Waals surface area contributed by atoms with Gasteiger partial charge in [-0.2, -0.15) is 0 Å². The SMILES string of the molecule is CC(C)(C)c1ccc(C(=O)NC(=Cc2ccc([N+](=O)[O-])cc2)C(=O)Nc2cc(Cl)ccc2Cl)cc1. The first-order valence-corrected chi connectivity index (χ1v) is 11.3. The number of non-ortho nitro benzene ring substituents is 1. The minimum Gasteiger partial charge on any atom is -0.319 e. The van der Waals surface area contributed by atoms with Crippen LogP contribution in [0.4, 0.5) is 11.4 Å². The molecule has 0 heterocycles. The third kappa shape index (κ3) is 6.91. The van der Waals surface area contributed by atoms with Gasteiger partial charge in [0.25, 0.3) is 17.5 Å². The van der Waals surface area contributed by atoms with Crippen LogP contribution in [0.1, 0.15) is 42.3 Å². The first-order chi connectivity index (χ1) is 16.4. The van der Waals surface area contributed by atoms with Crippen molar-refractivity contribution in [2.45, 2.75) is 26.2 Å². The molecular weight excluding hydrogens is 489 g/mol. The van der Waals surface area contributed by atoms with Crippen molar-refractivity contribution in [1.29, 1.82) is 0 Å². The van der Waals surface area contributed by atoms with E-state index in [1.54, 1.807) is 18.2 Å². The van der Waals surface area contributed by atoms with Crippen molar-refractivity contribution >= 4 is 52.5 Å². The van der Waals surface area contributed by atoms with E-state index in [2.05, 4.69) is 31.4 Å². The summed E-state index contributed by atoms with van der Waals surface area (Å²) in [4.78, 5) is 36.5. The molecule has 0 unspecified atom stereocenters. The molecule has 9 heteroatoms. The molecule has 2 N–H and O–H groups in total. The van der Waals surface area contributed by atoms with Gasteiger partial charge in [0.2, 0.25) is 0 Å². The van der Waals surface area contributed by atoms with Crippen LogP contribution in [0.25, 0.3) is 6.08 Å². The first kappa shape index (κ1) is 25.9. The number of carbonyl (C=O) groups is 2. The zero-order chi connectivity index (χ0) is 25.8. The molecule has 180 valence electrons. The zero-order valence-electron chi connectivity index (χ0n) is 19.3. The monoisotopic (exact) mass is 511 g/mol. The molecule has 2 amide bonds. The van der Waals surface area contributed by atoms with E-state index in [0.717, 1.165) is 5.56 Å². The van der Waals surface area contributed by atoms with Crippen LogP contribution >= 0.6 is 23.2 Å². The molecule has 0 saturated heterocycles. The molecule has 0 aliphatic carbocycles. The van der Waals surface area contributed by atoms with Crippen molar-refractivity contribution in [2.24, 2.45) is 0 Å². The maximum Gasteiger partial charge on any atom is 0.272 e. The van der Waals surface area contributed by atoms with E-state index in [0.29, 0.717) is 16.1 Å². The fraction of sp³-hybridized carbons (Fsp3) is 0.154. The Hall–Kier alpha value is -3.68. The number of halogens is 2. The summed E-state index contributed by atoms with van der Waals surface area (Å²) < 4.78 is 0. The Morgan fingerprint density at radius 3 is 2.14 bits per heavy atom. The molecule has 0 aliphatic rings. The highest BCUT2D eigenvalue weighted by molar-refractivity contribution is 6.36. The molecule has 35 heavy (non-hydrogen) atoms. The highest BCUT2D eigenvalue weighted by Crippen LogP contribution is 2.26. The zero-order valence-corrected chi connectivity index (χ0v) is 20.8. The molecule has 0 bridgehead atoms. The molecular formula is C26H23Cl2N3O4. The summed E-state index contributed by atoms with van der Waals surface area (Å²) in [7, 11) is 0. The van der Waals surface area contributed by atoms with Gasteiger partial charge in [-0.05, 0) is 65.1 Å². The minimum atomic E-state index is -0.646. The van der Waals surface area contributed by atoms with Gasteiger partial charge < -0.3 is 10.6 Å². The molecule has 0 aliphatic heterocycles. The molecule has 3 aromatic rings. The van der Waals surface area contributed by atoms with Crippen LogP contribution in [-0.2, 0) is 10.2 Å². The standard InChI is InChI=1S/C26H23Cl2N3O4/c1-26(2,3)18-8-6-17(7-9-18)24(32)30-23(14-16-4-11-20(12-5-16)31(34)35)25(33)29-22-15-19(27)10-13-21(22)28/h4-15H,1-3H3,(H,29,33)(H,30,32). The fourth-order valence-electron chi connectivity index (χ4n) is 3.12. The number of carbonyl (C=O) groups excluding carboxylic acids is 2. The Morgan fingerprint density at radius 2 is 1.57 bits per heavy atom. The van der Waals surface area contributed by atoms with Crippen LogP contribution < -0.4 is 10.6 Å². The second-order valence-electron chi connectivity index (χ2n) is 8.77. The second-order valence-corrected chi connectivity index (χ2v) is 9.61. The molecule has 0 spiro atoms.